The van der Waals surface area contributed by atoms with Gasteiger partial charge in [-0.15, -0.1) is 0 Å². The summed E-state index contributed by atoms with van der Waals surface area (Å²) in [5.41, 5.74) is 7.83. The van der Waals surface area contributed by atoms with E-state index in [1.807, 2.05) is 19.0 Å². The number of anilines is 1. The number of halogens is 2. The van der Waals surface area contributed by atoms with E-state index in [2.05, 4.69) is 4.99 Å². The van der Waals surface area contributed by atoms with Gasteiger partial charge in [-0.2, -0.15) is 0 Å². The molecule has 128 valence electrons. The zero-order valence-electron chi connectivity index (χ0n) is 13.4. The van der Waals surface area contributed by atoms with Crippen molar-refractivity contribution in [1.82, 2.24) is 0 Å². The average Bonchev–Trinajstić information content (AvgIpc) is 2.45. The molecule has 0 bridgehead atoms. The van der Waals surface area contributed by atoms with Crippen molar-refractivity contribution in [1.29, 1.82) is 0 Å². The Labute approximate surface area is 151 Å². The Kier molecular flexibility index (Phi) is 5.42. The lowest BCUT2D eigenvalue weighted by Gasteiger charge is -2.17. The minimum absolute atomic E-state index is 0.224. The number of hydrogen-bond donors (Lipinski definition) is 1. The van der Waals surface area contributed by atoms with Gasteiger partial charge < -0.3 is 10.6 Å². The molecule has 0 fully saturated rings. The molecule has 0 atom stereocenters. The molecule has 0 unspecified atom stereocenters. The first-order valence-corrected chi connectivity index (χ1v) is 9.55. The van der Waals surface area contributed by atoms with Crippen molar-refractivity contribution in [2.45, 2.75) is 4.90 Å². The third kappa shape index (κ3) is 4.20. The normalized spacial score (nSPS) is 12.3. The molecule has 5 nitrogen and oxygen atoms in total. The quantitative estimate of drug-likeness (QED) is 0.645. The summed E-state index contributed by atoms with van der Waals surface area (Å²) in [5.74, 6) is 0.233. The fourth-order valence-electron chi connectivity index (χ4n) is 2.11. The lowest BCUT2D eigenvalue weighted by molar-refractivity contribution is 0.602. The SMILES string of the molecule is CN(C)c1c(Cl)cc(C(N)=Nc2ccc(S(C)(=O)=O)cc2)cc1Cl. The standard InChI is InChI=1S/C16H17Cl2N3O2S/c1-21(2)15-13(17)8-10(9-14(15)18)16(19)20-11-4-6-12(7-5-11)24(3,22)23/h4-9H,1-3H3,(H2,19,20). The Morgan fingerprint density at radius 1 is 1.08 bits per heavy atom. The summed E-state index contributed by atoms with van der Waals surface area (Å²) in [6, 6.07) is 9.51. The second-order valence-corrected chi connectivity index (χ2v) is 8.28. The van der Waals surface area contributed by atoms with Crippen molar-refractivity contribution >= 4 is 50.2 Å². The number of hydrogen-bond acceptors (Lipinski definition) is 4. The summed E-state index contributed by atoms with van der Waals surface area (Å²) in [5, 5.41) is 0.932. The van der Waals surface area contributed by atoms with E-state index in [1.165, 1.54) is 12.1 Å². The van der Waals surface area contributed by atoms with Gasteiger partial charge in [0.05, 0.1) is 26.3 Å². The number of aliphatic imine (C=N–C) groups is 1. The number of rotatable bonds is 4. The number of sulfone groups is 1. The Morgan fingerprint density at radius 3 is 2.00 bits per heavy atom. The van der Waals surface area contributed by atoms with E-state index in [9.17, 15) is 8.42 Å². The highest BCUT2D eigenvalue weighted by molar-refractivity contribution is 7.90. The third-order valence-electron chi connectivity index (χ3n) is 3.27. The maximum absolute atomic E-state index is 11.5. The number of nitrogens with two attached hydrogens (primary N) is 1. The van der Waals surface area contributed by atoms with Crippen LogP contribution in [0.3, 0.4) is 0 Å². The molecule has 0 radical (unpaired) electrons. The Bertz CT molecular complexity index is 869. The molecule has 2 rings (SSSR count). The summed E-state index contributed by atoms with van der Waals surface area (Å²) in [6.45, 7) is 0. The van der Waals surface area contributed by atoms with Crippen molar-refractivity contribution < 1.29 is 8.42 Å². The average molecular weight is 386 g/mol. The van der Waals surface area contributed by atoms with Gasteiger partial charge in [0.2, 0.25) is 0 Å². The Balaban J connectivity index is 2.38. The minimum Gasteiger partial charge on any atom is -0.383 e. The van der Waals surface area contributed by atoms with Crippen LogP contribution < -0.4 is 10.6 Å². The Morgan fingerprint density at radius 2 is 1.58 bits per heavy atom. The molecule has 0 spiro atoms. The van der Waals surface area contributed by atoms with Gasteiger partial charge in [0, 0.05) is 25.9 Å². The van der Waals surface area contributed by atoms with Crippen LogP contribution in [0.2, 0.25) is 10.0 Å². The molecule has 0 amide bonds. The first-order valence-electron chi connectivity index (χ1n) is 6.90. The van der Waals surface area contributed by atoms with Crippen molar-refractivity contribution in [3.8, 4) is 0 Å². The summed E-state index contributed by atoms with van der Waals surface area (Å²) in [4.78, 5) is 6.31. The van der Waals surface area contributed by atoms with Crippen molar-refractivity contribution in [2.24, 2.45) is 10.7 Å². The molecule has 8 heteroatoms. The van der Waals surface area contributed by atoms with E-state index in [0.29, 0.717) is 27.0 Å². The summed E-state index contributed by atoms with van der Waals surface area (Å²) in [6.07, 6.45) is 1.15. The van der Waals surface area contributed by atoms with Crippen molar-refractivity contribution in [3.05, 3.63) is 52.0 Å². The predicted octanol–water partition coefficient (Wildman–Crippen LogP) is 3.50. The molecule has 24 heavy (non-hydrogen) atoms. The van der Waals surface area contributed by atoms with Gasteiger partial charge in [0.1, 0.15) is 5.84 Å². The molecule has 0 aromatic heterocycles. The van der Waals surface area contributed by atoms with Crippen molar-refractivity contribution in [3.63, 3.8) is 0 Å². The highest BCUT2D eigenvalue weighted by atomic mass is 35.5. The summed E-state index contributed by atoms with van der Waals surface area (Å²) >= 11 is 12.5. The number of amidine groups is 1. The molecule has 0 aliphatic rings. The van der Waals surface area contributed by atoms with Gasteiger partial charge in [-0.1, -0.05) is 23.2 Å². The molecule has 0 saturated carbocycles. The van der Waals surface area contributed by atoms with Crippen LogP contribution >= 0.6 is 23.2 Å². The molecule has 2 aromatic rings. The number of nitrogens with zero attached hydrogens (tertiary/aromatic N) is 2. The lowest BCUT2D eigenvalue weighted by Crippen LogP contribution is -2.15. The fourth-order valence-corrected chi connectivity index (χ4v) is 3.57. The van der Waals surface area contributed by atoms with Gasteiger partial charge in [0.15, 0.2) is 9.84 Å². The molecule has 2 N–H and O–H groups in total. The maximum atomic E-state index is 11.5. The van der Waals surface area contributed by atoms with E-state index in [4.69, 9.17) is 28.9 Å². The number of benzene rings is 2. The largest absolute Gasteiger partial charge is 0.383 e. The van der Waals surface area contributed by atoms with Crippen LogP contribution in [0.5, 0.6) is 0 Å². The van der Waals surface area contributed by atoms with Gasteiger partial charge in [0.25, 0.3) is 0 Å². The molecular weight excluding hydrogens is 369 g/mol. The summed E-state index contributed by atoms with van der Waals surface area (Å²) < 4.78 is 22.9. The highest BCUT2D eigenvalue weighted by Crippen LogP contribution is 2.34. The van der Waals surface area contributed by atoms with Crippen LogP contribution in [0.1, 0.15) is 5.56 Å². The molecule has 0 aliphatic carbocycles. The van der Waals surface area contributed by atoms with Crippen LogP contribution in [0.25, 0.3) is 0 Å². The van der Waals surface area contributed by atoms with Gasteiger partial charge in [-0.25, -0.2) is 13.4 Å². The van der Waals surface area contributed by atoms with E-state index in [0.717, 1.165) is 6.26 Å². The van der Waals surface area contributed by atoms with E-state index in [-0.39, 0.29) is 10.7 Å². The second-order valence-electron chi connectivity index (χ2n) is 5.45. The molecule has 0 saturated heterocycles. The maximum Gasteiger partial charge on any atom is 0.175 e. The van der Waals surface area contributed by atoms with Crippen LogP contribution in [-0.4, -0.2) is 34.6 Å². The fraction of sp³-hybridized carbons (Fsp3) is 0.188. The topological polar surface area (TPSA) is 75.8 Å². The molecule has 0 heterocycles. The van der Waals surface area contributed by atoms with E-state index < -0.39 is 9.84 Å². The van der Waals surface area contributed by atoms with Gasteiger partial charge in [-0.3, -0.25) is 0 Å². The van der Waals surface area contributed by atoms with Crippen LogP contribution in [0.15, 0.2) is 46.3 Å². The first-order chi connectivity index (χ1) is 11.1. The smallest absolute Gasteiger partial charge is 0.175 e. The van der Waals surface area contributed by atoms with Crippen LogP contribution in [0, 0.1) is 0 Å². The zero-order chi connectivity index (χ0) is 18.1. The Hall–Kier alpha value is -1.76. The second kappa shape index (κ2) is 7.01. The molecule has 0 aliphatic heterocycles. The highest BCUT2D eigenvalue weighted by Gasteiger charge is 2.12. The third-order valence-corrected chi connectivity index (χ3v) is 4.98. The monoisotopic (exact) mass is 385 g/mol. The van der Waals surface area contributed by atoms with Gasteiger partial charge >= 0.3 is 0 Å². The minimum atomic E-state index is -3.24. The van der Waals surface area contributed by atoms with Gasteiger partial charge in [-0.05, 0) is 36.4 Å². The van der Waals surface area contributed by atoms with E-state index in [1.54, 1.807) is 24.3 Å². The van der Waals surface area contributed by atoms with E-state index >= 15 is 0 Å². The van der Waals surface area contributed by atoms with Crippen LogP contribution in [-0.2, 0) is 9.84 Å². The molecular formula is C16H17Cl2N3O2S. The summed E-state index contributed by atoms with van der Waals surface area (Å²) in [7, 11) is 0.438. The van der Waals surface area contributed by atoms with Crippen LogP contribution in [0.4, 0.5) is 11.4 Å². The molecule has 2 aromatic carbocycles. The lowest BCUT2D eigenvalue weighted by atomic mass is 10.1. The first kappa shape index (κ1) is 18.6. The predicted molar refractivity (Wildman–Crippen MR) is 101 cm³/mol. The van der Waals surface area contributed by atoms with Crippen molar-refractivity contribution in [2.75, 3.05) is 25.3 Å². The zero-order valence-corrected chi connectivity index (χ0v) is 15.7.